The first-order valence-electron chi connectivity index (χ1n) is 16.4. The molecule has 1 aromatic heterocycles. The van der Waals surface area contributed by atoms with E-state index in [0.717, 1.165) is 11.1 Å². The number of amidine groups is 2. The second-order valence-electron chi connectivity index (χ2n) is 11.9. The van der Waals surface area contributed by atoms with Crippen molar-refractivity contribution in [2.45, 2.75) is 0 Å². The summed E-state index contributed by atoms with van der Waals surface area (Å²) in [6.45, 7) is 0. The van der Waals surface area contributed by atoms with Gasteiger partial charge in [0.1, 0.15) is 0 Å². The Morgan fingerprint density at radius 1 is 0.608 bits per heavy atom. The summed E-state index contributed by atoms with van der Waals surface area (Å²) in [7, 11) is 0. The largest absolute Gasteiger partial charge is 1.00 e. The van der Waals surface area contributed by atoms with Gasteiger partial charge in [0.2, 0.25) is 0 Å². The number of rotatable bonds is 4. The first kappa shape index (κ1) is 34.1. The zero-order valence-electron chi connectivity index (χ0n) is 28.0. The van der Waals surface area contributed by atoms with Gasteiger partial charge in [-0.2, -0.15) is 41.7 Å². The molecule has 8 aromatic carbocycles. The molecule has 238 valence electrons. The monoisotopic (exact) mass is 679 g/mol. The average Bonchev–Trinajstić information content (AvgIpc) is 3.59. The Morgan fingerprint density at radius 2 is 1.25 bits per heavy atom. The Kier molecular flexibility index (Phi) is 10.2. The Labute approximate surface area is 323 Å². The summed E-state index contributed by atoms with van der Waals surface area (Å²) in [5.41, 5.74) is 13.9. The maximum Gasteiger partial charge on any atom is 1.00 e. The Bertz CT molecular complexity index is 2670. The van der Waals surface area contributed by atoms with Gasteiger partial charge in [-0.15, -0.1) is 12.1 Å². The predicted molar refractivity (Wildman–Crippen MR) is 213 cm³/mol. The summed E-state index contributed by atoms with van der Waals surface area (Å²) in [6, 6.07) is 64.4. The Morgan fingerprint density at radius 3 is 2.00 bits per heavy atom. The molecule has 0 saturated carbocycles. The first-order valence-corrected chi connectivity index (χ1v) is 17.2. The van der Waals surface area contributed by atoms with Gasteiger partial charge >= 0.3 is 29.6 Å². The SMILES string of the molecule is N=C(N=C([NH-])c1ccccc1)c1ccccc1.[Na+].[c-]1ccccc1-c1[c-]cc(-c2ccc3ccccc3c2)c2c1sc1ccc3ccccc3c12. The molecular weight excluding hydrogens is 650 g/mol. The van der Waals surface area contributed by atoms with Gasteiger partial charge in [-0.05, 0) is 44.1 Å². The van der Waals surface area contributed by atoms with Crippen molar-refractivity contribution < 1.29 is 29.6 Å². The fraction of sp³-hybridized carbons (Fsp3) is 0. The van der Waals surface area contributed by atoms with Crippen LogP contribution in [0.1, 0.15) is 11.1 Å². The minimum atomic E-state index is 0. The predicted octanol–water partition coefficient (Wildman–Crippen LogP) is 9.81. The van der Waals surface area contributed by atoms with Gasteiger partial charge < -0.3 is 16.1 Å². The standard InChI is InChI=1S/C32H18S.C14H12N3.Na/c1-2-9-22(10-3-1)28-18-17-27(25-15-14-21-8-4-5-12-24(21)20-25)31-30-26-13-7-6-11-23(26)16-19-29(30)33-32(28)31;15-13(11-7-3-1-4-8-11)17-14(16)12-9-5-2-6-10-12;/h1-9,11-17,19-20H;1-10H,(H2-,15,16,17);/q-2;-1;+1. The summed E-state index contributed by atoms with van der Waals surface area (Å²) >= 11 is 1.86. The number of nitrogens with one attached hydrogen (secondary N) is 2. The normalized spacial score (nSPS) is 11.3. The zero-order valence-corrected chi connectivity index (χ0v) is 30.8. The number of benzene rings is 8. The molecule has 5 heteroatoms. The third kappa shape index (κ3) is 7.01. The van der Waals surface area contributed by atoms with Crippen LogP contribution < -0.4 is 29.6 Å². The quantitative estimate of drug-likeness (QED) is 0.0834. The summed E-state index contributed by atoms with van der Waals surface area (Å²) in [5, 5.41) is 15.5. The van der Waals surface area contributed by atoms with Crippen molar-refractivity contribution in [2.75, 3.05) is 0 Å². The molecule has 0 aliphatic heterocycles. The zero-order chi connectivity index (χ0) is 33.9. The van der Waals surface area contributed by atoms with E-state index >= 15 is 0 Å². The molecule has 0 aliphatic carbocycles. The maximum absolute atomic E-state index is 7.80. The van der Waals surface area contributed by atoms with E-state index < -0.39 is 0 Å². The average molecular weight is 680 g/mol. The van der Waals surface area contributed by atoms with Gasteiger partial charge in [0.05, 0.1) is 0 Å². The van der Waals surface area contributed by atoms with Crippen LogP contribution >= 0.6 is 11.3 Å². The van der Waals surface area contributed by atoms with Crippen molar-refractivity contribution >= 4 is 64.7 Å². The molecule has 9 aromatic rings. The minimum absolute atomic E-state index is 0. The number of hydrogen-bond acceptors (Lipinski definition) is 2. The molecule has 2 N–H and O–H groups in total. The van der Waals surface area contributed by atoms with Crippen LogP contribution in [0.5, 0.6) is 0 Å². The van der Waals surface area contributed by atoms with Crippen molar-refractivity contribution in [3.8, 4) is 22.3 Å². The van der Waals surface area contributed by atoms with Gasteiger partial charge in [-0.1, -0.05) is 161 Å². The molecule has 0 amide bonds. The molecule has 0 radical (unpaired) electrons. The Balaban J connectivity index is 0.000000192. The van der Waals surface area contributed by atoms with Crippen molar-refractivity contribution in [3.63, 3.8) is 0 Å². The van der Waals surface area contributed by atoms with Crippen molar-refractivity contribution in [1.82, 2.24) is 0 Å². The van der Waals surface area contributed by atoms with Crippen LogP contribution in [0.25, 0.3) is 69.7 Å². The van der Waals surface area contributed by atoms with Gasteiger partial charge in [-0.25, -0.2) is 11.1 Å². The number of nitrogens with zero attached hydrogens (tertiary/aromatic N) is 1. The van der Waals surface area contributed by atoms with E-state index in [-0.39, 0.29) is 41.2 Å². The molecule has 3 nitrogen and oxygen atoms in total. The number of thiophene rings is 1. The van der Waals surface area contributed by atoms with Crippen molar-refractivity contribution in [2.24, 2.45) is 4.99 Å². The number of aliphatic imine (C=N–C) groups is 1. The van der Waals surface area contributed by atoms with E-state index in [4.69, 9.17) is 11.1 Å². The van der Waals surface area contributed by atoms with E-state index in [0.29, 0.717) is 11.1 Å². The summed E-state index contributed by atoms with van der Waals surface area (Å²) in [5.74, 6) is 0.221. The summed E-state index contributed by atoms with van der Waals surface area (Å²) < 4.78 is 2.58. The van der Waals surface area contributed by atoms with Crippen LogP contribution in [0.15, 0.2) is 175 Å². The topological polar surface area (TPSA) is 60.0 Å². The molecule has 0 spiro atoms. The summed E-state index contributed by atoms with van der Waals surface area (Å²) in [6.07, 6.45) is 0. The number of fused-ring (bicyclic) bond motifs is 6. The molecule has 0 atom stereocenters. The second kappa shape index (κ2) is 15.3. The molecule has 51 heavy (non-hydrogen) atoms. The molecule has 9 rings (SSSR count). The van der Waals surface area contributed by atoms with E-state index in [1.807, 2.05) is 84.1 Å². The van der Waals surface area contributed by atoms with Crippen LogP contribution in [0.4, 0.5) is 0 Å². The number of hydrogen-bond donors (Lipinski definition) is 1. The minimum Gasteiger partial charge on any atom is -0.482 e. The van der Waals surface area contributed by atoms with Gasteiger partial charge in [-0.3, -0.25) is 0 Å². The molecule has 0 aliphatic rings. The third-order valence-electron chi connectivity index (χ3n) is 8.79. The van der Waals surface area contributed by atoms with E-state index in [1.165, 1.54) is 52.8 Å². The van der Waals surface area contributed by atoms with Gasteiger partial charge in [0.15, 0.2) is 0 Å². The molecule has 0 saturated heterocycles. The van der Waals surface area contributed by atoms with Crippen molar-refractivity contribution in [1.29, 1.82) is 5.41 Å². The van der Waals surface area contributed by atoms with E-state index in [1.54, 1.807) is 0 Å². The Hall–Kier alpha value is -5.36. The van der Waals surface area contributed by atoms with Crippen LogP contribution in [-0.2, 0) is 0 Å². The molecule has 0 bridgehead atoms. The molecule has 0 unspecified atom stereocenters. The maximum atomic E-state index is 7.80. The second-order valence-corrected chi connectivity index (χ2v) is 13.0. The fourth-order valence-corrected chi connectivity index (χ4v) is 7.61. The fourth-order valence-electron chi connectivity index (χ4n) is 6.35. The van der Waals surface area contributed by atoms with E-state index in [2.05, 4.69) is 114 Å². The van der Waals surface area contributed by atoms with Crippen LogP contribution in [-0.4, -0.2) is 11.7 Å². The molecular formula is C46H30N3NaS-2. The van der Waals surface area contributed by atoms with Crippen LogP contribution in [0.3, 0.4) is 0 Å². The third-order valence-corrected chi connectivity index (χ3v) is 9.97. The first-order chi connectivity index (χ1) is 24.6. The molecule has 0 fully saturated rings. The van der Waals surface area contributed by atoms with Gasteiger partial charge in [0, 0.05) is 10.5 Å². The van der Waals surface area contributed by atoms with Crippen LogP contribution in [0, 0.1) is 17.5 Å². The molecule has 1 heterocycles. The van der Waals surface area contributed by atoms with Crippen molar-refractivity contribution in [3.05, 3.63) is 199 Å². The van der Waals surface area contributed by atoms with E-state index in [9.17, 15) is 0 Å². The van der Waals surface area contributed by atoms with Gasteiger partial charge in [0.25, 0.3) is 0 Å². The smallest absolute Gasteiger partial charge is 0.482 e. The summed E-state index contributed by atoms with van der Waals surface area (Å²) in [4.78, 5) is 3.98. The van der Waals surface area contributed by atoms with Crippen LogP contribution in [0.2, 0.25) is 0 Å².